The maximum atomic E-state index is 12.9. The third-order valence-corrected chi connectivity index (χ3v) is 5.83. The average molecular weight is 440 g/mol. The molecule has 2 aliphatic rings. The Kier molecular flexibility index (Phi) is 4.90. The van der Waals surface area contributed by atoms with Crippen molar-refractivity contribution in [2.24, 2.45) is 10.2 Å². The topological polar surface area (TPSA) is 115 Å². The number of para-hydroxylation sites is 1. The van der Waals surface area contributed by atoms with Gasteiger partial charge in [0.15, 0.2) is 5.71 Å². The molecule has 8 nitrogen and oxygen atoms in total. The molecule has 0 aromatic heterocycles. The summed E-state index contributed by atoms with van der Waals surface area (Å²) in [7, 11) is 0. The zero-order valence-corrected chi connectivity index (χ0v) is 17.7. The van der Waals surface area contributed by atoms with Gasteiger partial charge in [-0.2, -0.15) is 15.2 Å². The standard InChI is InChI=1S/C25H20N4O4/c1-14-22(24(31)29(28-14)19-11-10-15-8-9-16(15)13-19)27-26-21-7-3-6-20(23(21)30)17-4-2-5-18(12-17)25(32)33/h2-7,10-13,26,30H,8-9H2,1H3,(H,32,33). The van der Waals surface area contributed by atoms with Gasteiger partial charge in [-0.3, -0.25) is 10.2 Å². The molecule has 1 heterocycles. The summed E-state index contributed by atoms with van der Waals surface area (Å²) in [5.74, 6) is -1.52. The van der Waals surface area contributed by atoms with Gasteiger partial charge in [-0.25, -0.2) is 4.79 Å². The highest BCUT2D eigenvalue weighted by Gasteiger charge is 2.31. The van der Waals surface area contributed by atoms with Crippen LogP contribution in [-0.4, -0.2) is 33.5 Å². The number of hydrazone groups is 2. The summed E-state index contributed by atoms with van der Waals surface area (Å²) < 4.78 is 0. The van der Waals surface area contributed by atoms with Gasteiger partial charge in [0.25, 0.3) is 0 Å². The summed E-state index contributed by atoms with van der Waals surface area (Å²) >= 11 is 0. The van der Waals surface area contributed by atoms with E-state index >= 15 is 0 Å². The molecule has 8 heteroatoms. The van der Waals surface area contributed by atoms with Gasteiger partial charge in [-0.1, -0.05) is 30.3 Å². The summed E-state index contributed by atoms with van der Waals surface area (Å²) in [4.78, 5) is 24.2. The van der Waals surface area contributed by atoms with Crippen LogP contribution in [-0.2, 0) is 17.6 Å². The first-order valence-corrected chi connectivity index (χ1v) is 10.4. The van der Waals surface area contributed by atoms with Gasteiger partial charge >= 0.3 is 11.9 Å². The molecule has 0 fully saturated rings. The number of hydrogen-bond donors (Lipinski definition) is 3. The number of phenolic OH excluding ortho intramolecular Hbond substituents is 1. The molecule has 1 amide bonds. The van der Waals surface area contributed by atoms with Gasteiger partial charge in [-0.15, -0.1) is 0 Å². The third-order valence-electron chi connectivity index (χ3n) is 5.83. The van der Waals surface area contributed by atoms with Crippen LogP contribution in [0.25, 0.3) is 11.1 Å². The highest BCUT2D eigenvalue weighted by Crippen LogP contribution is 2.36. The van der Waals surface area contributed by atoms with Crippen molar-refractivity contribution in [3.05, 3.63) is 77.4 Å². The number of phenols is 1. The van der Waals surface area contributed by atoms with E-state index in [0.717, 1.165) is 12.8 Å². The Bertz CT molecular complexity index is 1380. The molecule has 33 heavy (non-hydrogen) atoms. The van der Waals surface area contributed by atoms with Crippen LogP contribution in [0.1, 0.15) is 28.4 Å². The quantitative estimate of drug-likeness (QED) is 0.409. The number of fused-ring (bicyclic) bond motifs is 1. The van der Waals surface area contributed by atoms with Gasteiger partial charge in [0.1, 0.15) is 5.75 Å². The van der Waals surface area contributed by atoms with E-state index in [0.29, 0.717) is 22.5 Å². The van der Waals surface area contributed by atoms with E-state index in [2.05, 4.69) is 15.6 Å². The number of carboxylic acid groups (broad SMARTS) is 1. The molecule has 3 N–H and O–H groups in total. The summed E-state index contributed by atoms with van der Waals surface area (Å²) in [6.07, 6.45) is 2.06. The lowest BCUT2D eigenvalue weighted by Gasteiger charge is -2.21. The molecule has 0 saturated carbocycles. The lowest BCUT2D eigenvalue weighted by atomic mass is 9.88. The number of aromatic hydroxyl groups is 1. The van der Waals surface area contributed by atoms with Gasteiger partial charge in [-0.05, 0) is 66.8 Å². The fraction of sp³-hybridized carbons (Fsp3) is 0.120. The average Bonchev–Trinajstić information content (AvgIpc) is 3.07. The minimum Gasteiger partial charge on any atom is -0.505 e. The number of nitrogens with zero attached hydrogens (tertiary/aromatic N) is 3. The van der Waals surface area contributed by atoms with Crippen LogP contribution in [0, 0.1) is 0 Å². The number of aryl methyl sites for hydroxylation is 2. The number of aromatic carboxylic acids is 1. The lowest BCUT2D eigenvalue weighted by molar-refractivity contribution is -0.112. The molecule has 0 radical (unpaired) electrons. The molecular formula is C25H20N4O4. The fourth-order valence-electron chi connectivity index (χ4n) is 3.92. The van der Waals surface area contributed by atoms with Crippen molar-refractivity contribution in [3.63, 3.8) is 0 Å². The van der Waals surface area contributed by atoms with Crippen LogP contribution in [0.4, 0.5) is 11.4 Å². The Balaban J connectivity index is 1.40. The summed E-state index contributed by atoms with van der Waals surface area (Å²) in [6, 6.07) is 17.2. The summed E-state index contributed by atoms with van der Waals surface area (Å²) in [5, 5.41) is 29.9. The fourth-order valence-corrected chi connectivity index (χ4v) is 3.92. The van der Waals surface area contributed by atoms with Crippen molar-refractivity contribution >= 4 is 34.7 Å². The number of anilines is 2. The first-order chi connectivity index (χ1) is 15.9. The normalized spacial score (nSPS) is 15.8. The molecule has 0 atom stereocenters. The number of carboxylic acids is 1. The van der Waals surface area contributed by atoms with E-state index in [1.165, 1.54) is 28.3 Å². The number of carbonyl (C=O) groups is 2. The highest BCUT2D eigenvalue weighted by atomic mass is 16.4. The summed E-state index contributed by atoms with van der Waals surface area (Å²) in [5.41, 5.74) is 7.97. The monoisotopic (exact) mass is 440 g/mol. The maximum Gasteiger partial charge on any atom is 0.335 e. The van der Waals surface area contributed by atoms with Crippen LogP contribution in [0.15, 0.2) is 70.9 Å². The van der Waals surface area contributed by atoms with E-state index < -0.39 is 5.97 Å². The molecule has 5 rings (SSSR count). The predicted octanol–water partition coefficient (Wildman–Crippen LogP) is 4.05. The SMILES string of the molecule is CC1=NN(c2ccc3c(c2)CC3)C(=O)C1=NNc1cccc(-c2cccc(C(=O)O)c2)c1O. The van der Waals surface area contributed by atoms with Crippen molar-refractivity contribution in [1.29, 1.82) is 0 Å². The number of nitrogens with one attached hydrogen (secondary N) is 1. The first-order valence-electron chi connectivity index (χ1n) is 10.4. The van der Waals surface area contributed by atoms with Crippen molar-refractivity contribution in [3.8, 4) is 16.9 Å². The molecular weight excluding hydrogens is 420 g/mol. The maximum absolute atomic E-state index is 12.9. The molecule has 1 aliphatic carbocycles. The number of hydrogen-bond acceptors (Lipinski definition) is 6. The summed E-state index contributed by atoms with van der Waals surface area (Å²) in [6.45, 7) is 1.70. The number of rotatable bonds is 5. The molecule has 1 aliphatic heterocycles. The molecule has 0 bridgehead atoms. The van der Waals surface area contributed by atoms with Crippen LogP contribution in [0.5, 0.6) is 5.75 Å². The zero-order chi connectivity index (χ0) is 23.1. The molecule has 3 aromatic rings. The van der Waals surface area contributed by atoms with Crippen LogP contribution < -0.4 is 10.4 Å². The minimum atomic E-state index is -1.05. The third kappa shape index (κ3) is 3.61. The smallest absolute Gasteiger partial charge is 0.335 e. The van der Waals surface area contributed by atoms with Crippen LogP contribution >= 0.6 is 0 Å². The lowest BCUT2D eigenvalue weighted by Crippen LogP contribution is -2.28. The van der Waals surface area contributed by atoms with Crippen LogP contribution in [0.2, 0.25) is 0 Å². The Hall–Kier alpha value is -4.46. The van der Waals surface area contributed by atoms with Gasteiger partial charge in [0.2, 0.25) is 0 Å². The second kappa shape index (κ2) is 7.90. The second-order valence-corrected chi connectivity index (χ2v) is 7.92. The number of carbonyl (C=O) groups excluding carboxylic acids is 1. The largest absolute Gasteiger partial charge is 0.505 e. The highest BCUT2D eigenvalue weighted by molar-refractivity contribution is 6.71. The molecule has 3 aromatic carbocycles. The van der Waals surface area contributed by atoms with Gasteiger partial charge < -0.3 is 10.2 Å². The van der Waals surface area contributed by atoms with E-state index in [-0.39, 0.29) is 28.6 Å². The van der Waals surface area contributed by atoms with Crippen molar-refractivity contribution in [2.75, 3.05) is 10.4 Å². The molecule has 0 saturated heterocycles. The predicted molar refractivity (Wildman–Crippen MR) is 126 cm³/mol. The number of amides is 1. The molecule has 164 valence electrons. The van der Waals surface area contributed by atoms with Crippen LogP contribution in [0.3, 0.4) is 0 Å². The Morgan fingerprint density at radius 3 is 2.58 bits per heavy atom. The minimum absolute atomic E-state index is 0.108. The Morgan fingerprint density at radius 1 is 1.06 bits per heavy atom. The van der Waals surface area contributed by atoms with Crippen molar-refractivity contribution in [1.82, 2.24) is 0 Å². The van der Waals surface area contributed by atoms with Crippen molar-refractivity contribution < 1.29 is 19.8 Å². The van der Waals surface area contributed by atoms with E-state index in [1.807, 2.05) is 18.2 Å². The van der Waals surface area contributed by atoms with Crippen molar-refractivity contribution in [2.45, 2.75) is 19.8 Å². The Morgan fingerprint density at radius 2 is 1.85 bits per heavy atom. The number of benzene rings is 3. The van der Waals surface area contributed by atoms with Gasteiger partial charge in [0, 0.05) is 5.56 Å². The van der Waals surface area contributed by atoms with E-state index in [4.69, 9.17) is 0 Å². The Labute approximate surface area is 189 Å². The molecule has 0 spiro atoms. The zero-order valence-electron chi connectivity index (χ0n) is 17.7. The van der Waals surface area contributed by atoms with E-state index in [9.17, 15) is 19.8 Å². The first kappa shape index (κ1) is 20.4. The van der Waals surface area contributed by atoms with E-state index in [1.54, 1.807) is 37.3 Å². The van der Waals surface area contributed by atoms with Gasteiger partial charge in [0.05, 0.1) is 22.6 Å². The molecule has 0 unspecified atom stereocenters. The second-order valence-electron chi connectivity index (χ2n) is 7.92.